The standard InChI is InChI=1S/C24H23ClN6O2/c1-16-9-10-19(13-26-16)29-23(32)17-6-4-7-21(11-17)31-15-20(14-28-31)30-24(33)27-12-18-5-2-3-8-22(18)25/h2-11,13-15,24,27,30,33H,12H2,1H3,(H,29,32). The highest BCUT2D eigenvalue weighted by molar-refractivity contribution is 6.31. The summed E-state index contributed by atoms with van der Waals surface area (Å²) in [6.07, 6.45) is 3.93. The molecule has 2 heterocycles. The average Bonchev–Trinajstić information content (AvgIpc) is 3.28. The summed E-state index contributed by atoms with van der Waals surface area (Å²) in [7, 11) is 0. The molecule has 0 aliphatic carbocycles. The molecule has 33 heavy (non-hydrogen) atoms. The highest BCUT2D eigenvalue weighted by atomic mass is 35.5. The van der Waals surface area contributed by atoms with Crippen LogP contribution in [0.2, 0.25) is 5.02 Å². The van der Waals surface area contributed by atoms with Gasteiger partial charge in [0.1, 0.15) is 0 Å². The quantitative estimate of drug-likeness (QED) is 0.295. The van der Waals surface area contributed by atoms with Crippen LogP contribution in [-0.4, -0.2) is 32.1 Å². The molecule has 1 amide bonds. The summed E-state index contributed by atoms with van der Waals surface area (Å²) in [5.41, 5.74) is 4.18. The van der Waals surface area contributed by atoms with Crippen molar-refractivity contribution in [2.75, 3.05) is 10.6 Å². The van der Waals surface area contributed by atoms with Crippen LogP contribution in [0.1, 0.15) is 21.6 Å². The molecular weight excluding hydrogens is 440 g/mol. The lowest BCUT2D eigenvalue weighted by Gasteiger charge is -2.15. The molecule has 0 saturated heterocycles. The second-order valence-corrected chi connectivity index (χ2v) is 7.79. The largest absolute Gasteiger partial charge is 0.361 e. The number of aliphatic hydroxyl groups is 1. The summed E-state index contributed by atoms with van der Waals surface area (Å²) in [4.78, 5) is 16.8. The Kier molecular flexibility index (Phi) is 6.99. The van der Waals surface area contributed by atoms with Crippen molar-refractivity contribution in [3.8, 4) is 5.69 Å². The van der Waals surface area contributed by atoms with Crippen molar-refractivity contribution in [1.82, 2.24) is 20.1 Å². The summed E-state index contributed by atoms with van der Waals surface area (Å²) in [6, 6.07) is 18.2. The Bertz CT molecular complexity index is 1240. The highest BCUT2D eigenvalue weighted by Gasteiger charge is 2.10. The summed E-state index contributed by atoms with van der Waals surface area (Å²) >= 11 is 6.14. The Hall–Kier alpha value is -3.72. The van der Waals surface area contributed by atoms with Crippen molar-refractivity contribution in [2.24, 2.45) is 0 Å². The highest BCUT2D eigenvalue weighted by Crippen LogP contribution is 2.17. The van der Waals surface area contributed by atoms with Gasteiger partial charge < -0.3 is 15.7 Å². The van der Waals surface area contributed by atoms with Gasteiger partial charge >= 0.3 is 0 Å². The van der Waals surface area contributed by atoms with E-state index in [2.05, 4.69) is 26.0 Å². The van der Waals surface area contributed by atoms with Gasteiger partial charge in [0.2, 0.25) is 0 Å². The molecule has 1 unspecified atom stereocenters. The zero-order valence-corrected chi connectivity index (χ0v) is 18.6. The van der Waals surface area contributed by atoms with Crippen LogP contribution in [0.15, 0.2) is 79.3 Å². The normalized spacial score (nSPS) is 11.7. The fourth-order valence-corrected chi connectivity index (χ4v) is 3.33. The van der Waals surface area contributed by atoms with Gasteiger partial charge in [0.15, 0.2) is 6.35 Å². The average molecular weight is 463 g/mol. The molecular formula is C24H23ClN6O2. The maximum Gasteiger partial charge on any atom is 0.255 e. The molecule has 4 rings (SSSR count). The van der Waals surface area contributed by atoms with E-state index in [9.17, 15) is 9.90 Å². The number of benzene rings is 2. The number of nitrogens with zero attached hydrogens (tertiary/aromatic N) is 3. The summed E-state index contributed by atoms with van der Waals surface area (Å²) in [5.74, 6) is -0.243. The zero-order valence-electron chi connectivity index (χ0n) is 17.9. The number of aromatic nitrogens is 3. The molecule has 4 N–H and O–H groups in total. The van der Waals surface area contributed by atoms with Gasteiger partial charge in [-0.2, -0.15) is 5.10 Å². The predicted molar refractivity (Wildman–Crippen MR) is 128 cm³/mol. The molecule has 0 aliphatic heterocycles. The maximum absolute atomic E-state index is 12.6. The number of anilines is 2. The first-order valence-electron chi connectivity index (χ1n) is 10.3. The van der Waals surface area contributed by atoms with E-state index >= 15 is 0 Å². The summed E-state index contributed by atoms with van der Waals surface area (Å²) in [5, 5.41) is 23.9. The van der Waals surface area contributed by atoms with Gasteiger partial charge in [0.05, 0.1) is 35.7 Å². The molecule has 1 atom stereocenters. The van der Waals surface area contributed by atoms with E-state index in [-0.39, 0.29) is 5.91 Å². The van der Waals surface area contributed by atoms with Crippen LogP contribution in [-0.2, 0) is 6.54 Å². The van der Waals surface area contributed by atoms with Crippen LogP contribution in [0, 0.1) is 6.92 Å². The van der Waals surface area contributed by atoms with E-state index in [4.69, 9.17) is 11.6 Å². The lowest BCUT2D eigenvalue weighted by atomic mass is 10.2. The van der Waals surface area contributed by atoms with Gasteiger partial charge in [-0.05, 0) is 48.9 Å². The van der Waals surface area contributed by atoms with E-state index in [1.807, 2.05) is 37.3 Å². The van der Waals surface area contributed by atoms with E-state index in [1.165, 1.54) is 0 Å². The summed E-state index contributed by atoms with van der Waals surface area (Å²) in [6.45, 7) is 2.28. The Balaban J connectivity index is 1.38. The van der Waals surface area contributed by atoms with Crippen molar-refractivity contribution < 1.29 is 9.90 Å². The molecule has 0 fully saturated rings. The number of nitrogens with one attached hydrogen (secondary N) is 3. The SMILES string of the molecule is Cc1ccc(NC(=O)c2cccc(-n3cc(NC(O)NCc4ccccc4Cl)cn3)c2)cn1. The molecule has 0 spiro atoms. The third kappa shape index (κ3) is 5.95. The van der Waals surface area contributed by atoms with Gasteiger partial charge in [0.25, 0.3) is 5.91 Å². The minimum Gasteiger partial charge on any atom is -0.361 e. The number of hydrogen-bond acceptors (Lipinski definition) is 6. The number of carbonyl (C=O) groups is 1. The first kappa shape index (κ1) is 22.5. The number of halogens is 1. The lowest BCUT2D eigenvalue weighted by Crippen LogP contribution is -2.35. The Labute approximate surface area is 196 Å². The molecule has 2 aromatic heterocycles. The molecule has 2 aromatic carbocycles. The van der Waals surface area contributed by atoms with Crippen molar-refractivity contribution in [1.29, 1.82) is 0 Å². The third-order valence-electron chi connectivity index (χ3n) is 4.87. The molecule has 0 bridgehead atoms. The molecule has 168 valence electrons. The number of aliphatic hydroxyl groups excluding tert-OH is 1. The van der Waals surface area contributed by atoms with Gasteiger partial charge in [0, 0.05) is 22.8 Å². The third-order valence-corrected chi connectivity index (χ3v) is 5.24. The van der Waals surface area contributed by atoms with Crippen LogP contribution in [0.5, 0.6) is 0 Å². The van der Waals surface area contributed by atoms with Crippen LogP contribution in [0.25, 0.3) is 5.69 Å². The van der Waals surface area contributed by atoms with Crippen molar-refractivity contribution in [3.05, 3.63) is 101 Å². The van der Waals surface area contributed by atoms with E-state index < -0.39 is 6.35 Å². The molecule has 4 aromatic rings. The van der Waals surface area contributed by atoms with Crippen molar-refractivity contribution in [3.63, 3.8) is 0 Å². The number of hydrogen-bond donors (Lipinski definition) is 4. The predicted octanol–water partition coefficient (Wildman–Crippen LogP) is 3.96. The second kappa shape index (κ2) is 10.3. The Morgan fingerprint density at radius 1 is 1.09 bits per heavy atom. The minimum absolute atomic E-state index is 0.243. The second-order valence-electron chi connectivity index (χ2n) is 7.39. The molecule has 9 heteroatoms. The maximum atomic E-state index is 12.6. The van der Waals surface area contributed by atoms with Gasteiger partial charge in [-0.15, -0.1) is 0 Å². The number of rotatable bonds is 8. The molecule has 8 nitrogen and oxygen atoms in total. The van der Waals surface area contributed by atoms with Crippen LogP contribution >= 0.6 is 11.6 Å². The van der Waals surface area contributed by atoms with Gasteiger partial charge in [-0.3, -0.25) is 15.1 Å². The van der Waals surface area contributed by atoms with Gasteiger partial charge in [-0.25, -0.2) is 4.68 Å². The summed E-state index contributed by atoms with van der Waals surface area (Å²) < 4.78 is 1.62. The topological polar surface area (TPSA) is 104 Å². The molecule has 0 radical (unpaired) electrons. The zero-order chi connectivity index (χ0) is 23.2. The number of carbonyl (C=O) groups excluding carboxylic acids is 1. The number of aryl methyl sites for hydroxylation is 1. The smallest absolute Gasteiger partial charge is 0.255 e. The Morgan fingerprint density at radius 3 is 2.73 bits per heavy atom. The van der Waals surface area contributed by atoms with Crippen molar-refractivity contribution in [2.45, 2.75) is 19.8 Å². The first-order chi connectivity index (χ1) is 16.0. The van der Waals surface area contributed by atoms with Crippen molar-refractivity contribution >= 4 is 28.9 Å². The van der Waals surface area contributed by atoms with Gasteiger partial charge in [-0.1, -0.05) is 35.9 Å². The molecule has 0 saturated carbocycles. The Morgan fingerprint density at radius 2 is 1.94 bits per heavy atom. The van der Waals surface area contributed by atoms with E-state index in [1.54, 1.807) is 53.6 Å². The minimum atomic E-state index is -1.00. The fourth-order valence-electron chi connectivity index (χ4n) is 3.13. The molecule has 0 aliphatic rings. The van der Waals surface area contributed by atoms with Crippen LogP contribution in [0.4, 0.5) is 11.4 Å². The number of pyridine rings is 1. The monoisotopic (exact) mass is 462 g/mol. The first-order valence-corrected chi connectivity index (χ1v) is 10.7. The van der Waals surface area contributed by atoms with E-state index in [0.29, 0.717) is 34.2 Å². The number of amides is 1. The van der Waals surface area contributed by atoms with Crippen LogP contribution < -0.4 is 16.0 Å². The lowest BCUT2D eigenvalue weighted by molar-refractivity contribution is 0.102. The van der Waals surface area contributed by atoms with Crippen LogP contribution in [0.3, 0.4) is 0 Å². The fraction of sp³-hybridized carbons (Fsp3) is 0.125. The van der Waals surface area contributed by atoms with E-state index in [0.717, 1.165) is 11.3 Å².